The highest BCUT2D eigenvalue weighted by molar-refractivity contribution is 5.85. The number of benzene rings is 1. The molecule has 15 heavy (non-hydrogen) atoms. The van der Waals surface area contributed by atoms with Crippen molar-refractivity contribution in [3.05, 3.63) is 35.0 Å². The van der Waals surface area contributed by atoms with E-state index in [9.17, 15) is 0 Å². The van der Waals surface area contributed by atoms with Crippen LogP contribution in [0.25, 0.3) is 10.9 Å². The topological polar surface area (TPSA) is 41.8 Å². The van der Waals surface area contributed by atoms with E-state index in [1.54, 1.807) is 0 Å². The van der Waals surface area contributed by atoms with Crippen LogP contribution in [-0.2, 0) is 6.54 Å². The number of nitrogens with two attached hydrogens (primary N) is 1. The maximum Gasteiger partial charge on any atom is 0.0459 e. The molecule has 0 aliphatic carbocycles. The Bertz CT molecular complexity index is 480. The van der Waals surface area contributed by atoms with Gasteiger partial charge in [-0.2, -0.15) is 0 Å². The van der Waals surface area contributed by atoms with E-state index in [1.807, 2.05) is 0 Å². The smallest absolute Gasteiger partial charge is 0.0459 e. The average molecular weight is 202 g/mol. The number of H-pyrrole nitrogens is 1. The molecule has 0 aliphatic rings. The minimum Gasteiger partial charge on any atom is -0.358 e. The summed E-state index contributed by atoms with van der Waals surface area (Å²) in [6.07, 6.45) is 0. The monoisotopic (exact) mass is 202 g/mol. The number of aromatic nitrogens is 1. The van der Waals surface area contributed by atoms with Crippen molar-refractivity contribution in [3.63, 3.8) is 0 Å². The van der Waals surface area contributed by atoms with Crippen molar-refractivity contribution in [2.45, 2.75) is 33.2 Å². The number of aromatic amines is 1. The van der Waals surface area contributed by atoms with Gasteiger partial charge >= 0.3 is 0 Å². The summed E-state index contributed by atoms with van der Waals surface area (Å²) >= 11 is 0. The third-order valence-electron chi connectivity index (χ3n) is 3.01. The summed E-state index contributed by atoms with van der Waals surface area (Å²) in [5.41, 5.74) is 10.8. The molecule has 2 aromatic rings. The Hall–Kier alpha value is -1.28. The summed E-state index contributed by atoms with van der Waals surface area (Å²) in [4.78, 5) is 3.36. The largest absolute Gasteiger partial charge is 0.358 e. The lowest BCUT2D eigenvalue weighted by atomic mass is 10.0. The molecule has 0 amide bonds. The van der Waals surface area contributed by atoms with E-state index in [-0.39, 0.29) is 0 Å². The first-order valence-electron chi connectivity index (χ1n) is 5.44. The second-order valence-corrected chi connectivity index (χ2v) is 4.39. The lowest BCUT2D eigenvalue weighted by Gasteiger charge is -2.05. The van der Waals surface area contributed by atoms with Gasteiger partial charge in [-0.25, -0.2) is 0 Å². The molecule has 2 rings (SSSR count). The van der Waals surface area contributed by atoms with E-state index in [1.165, 1.54) is 27.7 Å². The molecule has 1 aromatic heterocycles. The fourth-order valence-electron chi connectivity index (χ4n) is 2.02. The highest BCUT2D eigenvalue weighted by atomic mass is 14.7. The Kier molecular flexibility index (Phi) is 2.53. The van der Waals surface area contributed by atoms with Gasteiger partial charge in [0.1, 0.15) is 0 Å². The molecule has 80 valence electrons. The Morgan fingerprint density at radius 3 is 2.67 bits per heavy atom. The molecule has 0 aliphatic heterocycles. The highest BCUT2D eigenvalue weighted by Gasteiger charge is 2.08. The van der Waals surface area contributed by atoms with Crippen LogP contribution >= 0.6 is 0 Å². The van der Waals surface area contributed by atoms with Crippen molar-refractivity contribution in [3.8, 4) is 0 Å². The van der Waals surface area contributed by atoms with Gasteiger partial charge in [-0.15, -0.1) is 0 Å². The van der Waals surface area contributed by atoms with Crippen molar-refractivity contribution in [2.24, 2.45) is 5.73 Å². The minimum absolute atomic E-state index is 0.565. The van der Waals surface area contributed by atoms with E-state index in [0.717, 1.165) is 0 Å². The first-order chi connectivity index (χ1) is 7.13. The second-order valence-electron chi connectivity index (χ2n) is 4.39. The predicted molar refractivity (Wildman–Crippen MR) is 65.0 cm³/mol. The van der Waals surface area contributed by atoms with Crippen molar-refractivity contribution < 1.29 is 0 Å². The van der Waals surface area contributed by atoms with Crippen LogP contribution in [0.1, 0.15) is 36.6 Å². The third kappa shape index (κ3) is 1.65. The van der Waals surface area contributed by atoms with Crippen LogP contribution in [0.5, 0.6) is 0 Å². The van der Waals surface area contributed by atoms with E-state index in [4.69, 9.17) is 5.73 Å². The summed E-state index contributed by atoms with van der Waals surface area (Å²) < 4.78 is 0. The number of aryl methyl sites for hydroxylation is 1. The van der Waals surface area contributed by atoms with Gasteiger partial charge in [-0.05, 0) is 36.1 Å². The van der Waals surface area contributed by atoms with Crippen molar-refractivity contribution in [1.29, 1.82) is 0 Å². The standard InChI is InChI=1S/C13H18N2/c1-8(2)10-4-5-13-11(6-10)12(7-14)9(3)15-13/h4-6,8,15H,7,14H2,1-3H3. The average Bonchev–Trinajstić information content (AvgIpc) is 2.51. The zero-order valence-corrected chi connectivity index (χ0v) is 9.59. The lowest BCUT2D eigenvalue weighted by Crippen LogP contribution is -1.97. The van der Waals surface area contributed by atoms with E-state index >= 15 is 0 Å². The Labute approximate surface area is 90.5 Å². The molecule has 2 nitrogen and oxygen atoms in total. The molecular weight excluding hydrogens is 184 g/mol. The van der Waals surface area contributed by atoms with E-state index in [0.29, 0.717) is 12.5 Å². The van der Waals surface area contributed by atoms with Gasteiger partial charge in [-0.3, -0.25) is 0 Å². The van der Waals surface area contributed by atoms with Crippen LogP contribution in [0, 0.1) is 6.92 Å². The van der Waals surface area contributed by atoms with Gasteiger partial charge in [-0.1, -0.05) is 19.9 Å². The summed E-state index contributed by atoms with van der Waals surface area (Å²) in [5.74, 6) is 0.565. The Balaban J connectivity index is 2.68. The van der Waals surface area contributed by atoms with Crippen LogP contribution in [0.4, 0.5) is 0 Å². The molecule has 0 radical (unpaired) electrons. The van der Waals surface area contributed by atoms with E-state index in [2.05, 4.69) is 44.0 Å². The quantitative estimate of drug-likeness (QED) is 0.772. The minimum atomic E-state index is 0.565. The Morgan fingerprint density at radius 1 is 1.33 bits per heavy atom. The first-order valence-corrected chi connectivity index (χ1v) is 5.44. The molecule has 0 saturated heterocycles. The van der Waals surface area contributed by atoms with Gasteiger partial charge < -0.3 is 10.7 Å². The van der Waals surface area contributed by atoms with Crippen LogP contribution < -0.4 is 5.73 Å². The van der Waals surface area contributed by atoms with Gasteiger partial charge in [0.25, 0.3) is 0 Å². The molecular formula is C13H18N2. The van der Waals surface area contributed by atoms with Crippen LogP contribution in [-0.4, -0.2) is 4.98 Å². The maximum atomic E-state index is 5.77. The highest BCUT2D eigenvalue weighted by Crippen LogP contribution is 2.25. The van der Waals surface area contributed by atoms with Gasteiger partial charge in [0.15, 0.2) is 0 Å². The number of hydrogen-bond donors (Lipinski definition) is 2. The van der Waals surface area contributed by atoms with Crippen LogP contribution in [0.2, 0.25) is 0 Å². The summed E-state index contributed by atoms with van der Waals surface area (Å²) in [7, 11) is 0. The van der Waals surface area contributed by atoms with Gasteiger partial charge in [0, 0.05) is 23.1 Å². The molecule has 0 spiro atoms. The molecule has 0 saturated carbocycles. The molecule has 3 N–H and O–H groups in total. The van der Waals surface area contributed by atoms with Crippen molar-refractivity contribution >= 4 is 10.9 Å². The fourth-order valence-corrected chi connectivity index (χ4v) is 2.02. The van der Waals surface area contributed by atoms with Crippen LogP contribution in [0.3, 0.4) is 0 Å². The van der Waals surface area contributed by atoms with Gasteiger partial charge in [0.05, 0.1) is 0 Å². The fraction of sp³-hybridized carbons (Fsp3) is 0.385. The zero-order chi connectivity index (χ0) is 11.0. The molecule has 0 fully saturated rings. The summed E-state index contributed by atoms with van der Waals surface area (Å²) in [5, 5.41) is 1.28. The SMILES string of the molecule is Cc1[nH]c2ccc(C(C)C)cc2c1CN. The van der Waals surface area contributed by atoms with Crippen molar-refractivity contribution in [2.75, 3.05) is 0 Å². The number of fused-ring (bicyclic) bond motifs is 1. The molecule has 0 bridgehead atoms. The third-order valence-corrected chi connectivity index (χ3v) is 3.01. The van der Waals surface area contributed by atoms with Gasteiger partial charge in [0.2, 0.25) is 0 Å². The molecule has 2 heteroatoms. The van der Waals surface area contributed by atoms with Crippen LogP contribution in [0.15, 0.2) is 18.2 Å². The summed E-state index contributed by atoms with van der Waals surface area (Å²) in [6, 6.07) is 6.59. The molecule has 0 unspecified atom stereocenters. The lowest BCUT2D eigenvalue weighted by molar-refractivity contribution is 0.868. The zero-order valence-electron chi connectivity index (χ0n) is 9.59. The van der Waals surface area contributed by atoms with Crippen molar-refractivity contribution in [1.82, 2.24) is 4.98 Å². The summed E-state index contributed by atoms with van der Waals surface area (Å²) in [6.45, 7) is 7.11. The normalized spacial score (nSPS) is 11.5. The molecule has 0 atom stereocenters. The first kappa shape index (κ1) is 10.2. The number of nitrogens with one attached hydrogen (secondary N) is 1. The second kappa shape index (κ2) is 3.70. The molecule has 1 aromatic carbocycles. The number of hydrogen-bond acceptors (Lipinski definition) is 1. The molecule has 1 heterocycles. The number of rotatable bonds is 2. The Morgan fingerprint density at radius 2 is 2.07 bits per heavy atom. The maximum absolute atomic E-state index is 5.77. The predicted octanol–water partition coefficient (Wildman–Crippen LogP) is 3.06. The van der Waals surface area contributed by atoms with E-state index < -0.39 is 0 Å².